The van der Waals surface area contributed by atoms with E-state index in [4.69, 9.17) is 14.2 Å². The van der Waals surface area contributed by atoms with Crippen molar-refractivity contribution in [3.8, 4) is 17.2 Å². The minimum atomic E-state index is -0.439. The van der Waals surface area contributed by atoms with Gasteiger partial charge >= 0.3 is 0 Å². The molecule has 2 aliphatic heterocycles. The molecule has 0 unspecified atom stereocenters. The summed E-state index contributed by atoms with van der Waals surface area (Å²) in [6.45, 7) is 0.146. The van der Waals surface area contributed by atoms with E-state index in [0.29, 0.717) is 34.2 Å². The number of carbonyl (C=O) groups excluding carboxylic acids is 2. The third kappa shape index (κ3) is 3.69. The van der Waals surface area contributed by atoms with E-state index >= 15 is 0 Å². The van der Waals surface area contributed by atoms with Crippen molar-refractivity contribution in [1.82, 2.24) is 0 Å². The number of nitrogens with zero attached hydrogens (tertiary/aromatic N) is 2. The van der Waals surface area contributed by atoms with Crippen LogP contribution in [0.5, 0.6) is 17.2 Å². The molecule has 2 aliphatic rings. The summed E-state index contributed by atoms with van der Waals surface area (Å²) in [6.07, 6.45) is 0. The SMILES string of the molecule is COc1ccc(C2=C(Nc3ccc4c(c3)OCO4)C(=O)N(c3ccc(N(C)C)cc3)C2=O)cc1. The number of benzene rings is 3. The number of imide groups is 1. The van der Waals surface area contributed by atoms with Gasteiger partial charge < -0.3 is 24.4 Å². The molecule has 172 valence electrons. The van der Waals surface area contributed by atoms with Crippen molar-refractivity contribution in [3.63, 3.8) is 0 Å². The monoisotopic (exact) mass is 457 g/mol. The molecule has 2 amide bonds. The van der Waals surface area contributed by atoms with Crippen LogP contribution < -0.4 is 29.3 Å². The molecule has 0 fully saturated rings. The van der Waals surface area contributed by atoms with Gasteiger partial charge in [-0.1, -0.05) is 12.1 Å². The van der Waals surface area contributed by atoms with Crippen molar-refractivity contribution in [3.05, 3.63) is 78.0 Å². The topological polar surface area (TPSA) is 80.3 Å². The summed E-state index contributed by atoms with van der Waals surface area (Å²) in [6, 6.07) is 19.6. The van der Waals surface area contributed by atoms with Gasteiger partial charge in [0.2, 0.25) is 6.79 Å². The largest absolute Gasteiger partial charge is 0.497 e. The van der Waals surface area contributed by atoms with Crippen LogP contribution in [0.2, 0.25) is 0 Å². The quantitative estimate of drug-likeness (QED) is 0.563. The van der Waals surface area contributed by atoms with E-state index in [1.807, 2.05) is 31.1 Å². The summed E-state index contributed by atoms with van der Waals surface area (Å²) < 4.78 is 16.1. The van der Waals surface area contributed by atoms with E-state index in [-0.39, 0.29) is 18.1 Å². The molecule has 0 aliphatic carbocycles. The van der Waals surface area contributed by atoms with Gasteiger partial charge in [0, 0.05) is 31.5 Å². The van der Waals surface area contributed by atoms with Gasteiger partial charge in [0.15, 0.2) is 11.5 Å². The Bertz CT molecular complexity index is 1300. The molecule has 0 atom stereocenters. The second-order valence-corrected chi connectivity index (χ2v) is 8.03. The number of fused-ring (bicyclic) bond motifs is 1. The fourth-order valence-corrected chi connectivity index (χ4v) is 3.92. The number of hydrogen-bond acceptors (Lipinski definition) is 7. The van der Waals surface area contributed by atoms with Crippen molar-refractivity contribution in [1.29, 1.82) is 0 Å². The van der Waals surface area contributed by atoms with Crippen LogP contribution in [0.1, 0.15) is 5.56 Å². The third-order valence-corrected chi connectivity index (χ3v) is 5.73. The van der Waals surface area contributed by atoms with Gasteiger partial charge in [0.1, 0.15) is 11.4 Å². The van der Waals surface area contributed by atoms with Gasteiger partial charge in [0.05, 0.1) is 18.4 Å². The highest BCUT2D eigenvalue weighted by Crippen LogP contribution is 2.38. The molecule has 34 heavy (non-hydrogen) atoms. The number of nitrogens with one attached hydrogen (secondary N) is 1. The molecule has 3 aromatic rings. The Morgan fingerprint density at radius 3 is 2.26 bits per heavy atom. The highest BCUT2D eigenvalue weighted by molar-refractivity contribution is 6.46. The molecule has 1 N–H and O–H groups in total. The van der Waals surface area contributed by atoms with Crippen molar-refractivity contribution in [2.24, 2.45) is 0 Å². The first-order valence-corrected chi connectivity index (χ1v) is 10.7. The molecule has 3 aromatic carbocycles. The maximum atomic E-state index is 13.6. The molecule has 8 heteroatoms. The predicted octanol–water partition coefficient (Wildman–Crippen LogP) is 3.89. The number of carbonyl (C=O) groups is 2. The zero-order valence-corrected chi connectivity index (χ0v) is 19.0. The minimum Gasteiger partial charge on any atom is -0.497 e. The first kappa shape index (κ1) is 21.4. The Labute approximate surface area is 196 Å². The Kier molecular flexibility index (Phi) is 5.33. The minimum absolute atomic E-state index is 0.146. The van der Waals surface area contributed by atoms with E-state index < -0.39 is 11.8 Å². The smallest absolute Gasteiger partial charge is 0.282 e. The fourth-order valence-electron chi connectivity index (χ4n) is 3.92. The van der Waals surface area contributed by atoms with Crippen molar-refractivity contribution in [2.75, 3.05) is 43.1 Å². The van der Waals surface area contributed by atoms with Crippen molar-refractivity contribution in [2.45, 2.75) is 0 Å². The van der Waals surface area contributed by atoms with Gasteiger partial charge in [-0.05, 0) is 54.1 Å². The molecule has 0 radical (unpaired) electrons. The van der Waals surface area contributed by atoms with E-state index in [1.165, 1.54) is 4.90 Å². The van der Waals surface area contributed by atoms with E-state index in [2.05, 4.69) is 5.32 Å². The van der Waals surface area contributed by atoms with E-state index in [1.54, 1.807) is 61.7 Å². The van der Waals surface area contributed by atoms with E-state index in [9.17, 15) is 9.59 Å². The van der Waals surface area contributed by atoms with Crippen LogP contribution in [0.15, 0.2) is 72.4 Å². The summed E-state index contributed by atoms with van der Waals surface area (Å²) in [5.74, 6) is 1.01. The van der Waals surface area contributed by atoms with Crippen LogP contribution in [-0.2, 0) is 9.59 Å². The molecule has 8 nitrogen and oxygen atoms in total. The standard InChI is InChI=1S/C26H23N3O5/c1-28(2)18-7-9-19(10-8-18)29-25(30)23(16-4-11-20(32-3)12-5-16)24(26(29)31)27-17-6-13-21-22(14-17)34-15-33-21/h4-14,27H,15H2,1-3H3. The Morgan fingerprint density at radius 1 is 0.882 bits per heavy atom. The lowest BCUT2D eigenvalue weighted by atomic mass is 10.0. The van der Waals surface area contributed by atoms with Gasteiger partial charge in [0.25, 0.3) is 11.8 Å². The number of methoxy groups -OCH3 is 1. The lowest BCUT2D eigenvalue weighted by Crippen LogP contribution is -2.32. The van der Waals surface area contributed by atoms with Crippen molar-refractivity contribution >= 4 is 34.4 Å². The highest BCUT2D eigenvalue weighted by atomic mass is 16.7. The first-order chi connectivity index (χ1) is 16.5. The number of anilines is 3. The first-order valence-electron chi connectivity index (χ1n) is 10.7. The van der Waals surface area contributed by atoms with E-state index in [0.717, 1.165) is 5.69 Å². The Balaban J connectivity index is 1.56. The Hall–Kier alpha value is -4.46. The van der Waals surface area contributed by atoms with Gasteiger partial charge in [-0.25, -0.2) is 4.90 Å². The highest BCUT2D eigenvalue weighted by Gasteiger charge is 2.40. The summed E-state index contributed by atoms with van der Waals surface area (Å²) >= 11 is 0. The van der Waals surface area contributed by atoms with Crippen LogP contribution in [0, 0.1) is 0 Å². The summed E-state index contributed by atoms with van der Waals surface area (Å²) in [7, 11) is 5.43. The van der Waals surface area contributed by atoms with Crippen LogP contribution in [-0.4, -0.2) is 39.8 Å². The molecule has 0 bridgehead atoms. The number of rotatable bonds is 6. The van der Waals surface area contributed by atoms with Crippen molar-refractivity contribution < 1.29 is 23.8 Å². The average molecular weight is 457 g/mol. The average Bonchev–Trinajstić information content (AvgIpc) is 3.41. The molecule has 5 rings (SSSR count). The predicted molar refractivity (Wildman–Crippen MR) is 129 cm³/mol. The maximum Gasteiger partial charge on any atom is 0.282 e. The molecule has 0 saturated heterocycles. The molecule has 0 aromatic heterocycles. The molecule has 2 heterocycles. The van der Waals surface area contributed by atoms with Crippen LogP contribution in [0.25, 0.3) is 5.57 Å². The van der Waals surface area contributed by atoms with Gasteiger partial charge in [-0.3, -0.25) is 9.59 Å². The number of ether oxygens (including phenoxy) is 3. The summed E-state index contributed by atoms with van der Waals surface area (Å²) in [4.78, 5) is 30.3. The van der Waals surface area contributed by atoms with Gasteiger partial charge in [-0.2, -0.15) is 0 Å². The normalized spacial score (nSPS) is 14.6. The van der Waals surface area contributed by atoms with Crippen LogP contribution >= 0.6 is 0 Å². The van der Waals surface area contributed by atoms with Crippen LogP contribution in [0.4, 0.5) is 17.1 Å². The fraction of sp³-hybridized carbons (Fsp3) is 0.154. The maximum absolute atomic E-state index is 13.6. The summed E-state index contributed by atoms with van der Waals surface area (Å²) in [5.41, 5.74) is 3.14. The number of amides is 2. The zero-order valence-electron chi connectivity index (χ0n) is 19.0. The third-order valence-electron chi connectivity index (χ3n) is 5.73. The number of hydrogen-bond donors (Lipinski definition) is 1. The lowest BCUT2D eigenvalue weighted by molar-refractivity contribution is -0.120. The second-order valence-electron chi connectivity index (χ2n) is 8.03. The zero-order chi connectivity index (χ0) is 23.8. The van der Waals surface area contributed by atoms with Crippen LogP contribution in [0.3, 0.4) is 0 Å². The second kappa shape index (κ2) is 8.47. The van der Waals surface area contributed by atoms with Gasteiger partial charge in [-0.15, -0.1) is 0 Å². The lowest BCUT2D eigenvalue weighted by Gasteiger charge is -2.18. The summed E-state index contributed by atoms with van der Waals surface area (Å²) in [5, 5.41) is 3.15. The molecular formula is C26H23N3O5. The molecule has 0 saturated carbocycles. The molecular weight excluding hydrogens is 434 g/mol. The molecule has 0 spiro atoms. The Morgan fingerprint density at radius 2 is 1.59 bits per heavy atom.